The maximum atomic E-state index is 12.3. The number of benzene rings is 2. The minimum absolute atomic E-state index is 0.275. The second-order valence-electron chi connectivity index (χ2n) is 4.58. The topological polar surface area (TPSA) is 55.1 Å². The minimum Gasteiger partial charge on any atom is -0.398 e. The van der Waals surface area contributed by atoms with Gasteiger partial charge in [0.1, 0.15) is 0 Å². The molecule has 20 heavy (non-hydrogen) atoms. The summed E-state index contributed by atoms with van der Waals surface area (Å²) >= 11 is 12.1. The van der Waals surface area contributed by atoms with Crippen LogP contribution in [0.2, 0.25) is 10.0 Å². The van der Waals surface area contributed by atoms with Crippen molar-refractivity contribution in [2.24, 2.45) is 0 Å². The number of nitrogen functional groups attached to an aromatic ring is 1. The van der Waals surface area contributed by atoms with Crippen molar-refractivity contribution < 1.29 is 4.79 Å². The molecule has 0 aliphatic rings. The molecule has 0 saturated carbocycles. The van der Waals surface area contributed by atoms with Gasteiger partial charge in [0.25, 0.3) is 5.91 Å². The van der Waals surface area contributed by atoms with E-state index in [1.165, 1.54) is 0 Å². The smallest absolute Gasteiger partial charge is 0.257 e. The van der Waals surface area contributed by atoms with Gasteiger partial charge in [0.15, 0.2) is 0 Å². The van der Waals surface area contributed by atoms with Crippen LogP contribution in [-0.4, -0.2) is 5.91 Å². The molecule has 0 unspecified atom stereocenters. The van der Waals surface area contributed by atoms with Crippen molar-refractivity contribution >= 4 is 40.5 Å². The normalized spacial score (nSPS) is 10.4. The van der Waals surface area contributed by atoms with E-state index in [-0.39, 0.29) is 5.91 Å². The van der Waals surface area contributed by atoms with E-state index in [0.717, 1.165) is 11.1 Å². The van der Waals surface area contributed by atoms with Gasteiger partial charge in [-0.25, -0.2) is 0 Å². The number of hydrogen-bond donors (Lipinski definition) is 2. The first-order valence-electron chi connectivity index (χ1n) is 6.02. The summed E-state index contributed by atoms with van der Waals surface area (Å²) < 4.78 is 0. The summed E-state index contributed by atoms with van der Waals surface area (Å²) in [6.45, 7) is 3.70. The van der Waals surface area contributed by atoms with Gasteiger partial charge in [0.2, 0.25) is 0 Å². The van der Waals surface area contributed by atoms with Gasteiger partial charge in [-0.1, -0.05) is 35.3 Å². The van der Waals surface area contributed by atoms with E-state index in [1.807, 2.05) is 19.9 Å². The zero-order valence-corrected chi connectivity index (χ0v) is 12.6. The third-order valence-corrected chi connectivity index (χ3v) is 3.86. The fraction of sp³-hybridized carbons (Fsp3) is 0.133. The second kappa shape index (κ2) is 5.73. The number of carbonyl (C=O) groups excluding carboxylic acids is 1. The average molecular weight is 309 g/mol. The summed E-state index contributed by atoms with van der Waals surface area (Å²) in [6, 6.07) is 8.67. The Labute approximate surface area is 127 Å². The van der Waals surface area contributed by atoms with Crippen molar-refractivity contribution in [1.82, 2.24) is 0 Å². The Hall–Kier alpha value is -1.71. The number of nitrogens with two attached hydrogens (primary N) is 1. The highest BCUT2D eigenvalue weighted by atomic mass is 35.5. The highest BCUT2D eigenvalue weighted by Crippen LogP contribution is 2.28. The molecule has 0 saturated heterocycles. The van der Waals surface area contributed by atoms with E-state index < -0.39 is 0 Å². The van der Waals surface area contributed by atoms with Crippen LogP contribution in [0.3, 0.4) is 0 Å². The highest BCUT2D eigenvalue weighted by Gasteiger charge is 2.13. The molecule has 0 atom stereocenters. The van der Waals surface area contributed by atoms with Crippen LogP contribution in [0.1, 0.15) is 21.5 Å². The van der Waals surface area contributed by atoms with Gasteiger partial charge in [0.05, 0.1) is 21.3 Å². The molecule has 0 bridgehead atoms. The SMILES string of the molecule is Cc1cc(N)c(Cl)cc1NC(=O)c1cccc(C)c1Cl. The molecule has 0 radical (unpaired) electrons. The lowest BCUT2D eigenvalue weighted by Crippen LogP contribution is -2.14. The second-order valence-corrected chi connectivity index (χ2v) is 5.36. The zero-order chi connectivity index (χ0) is 14.9. The number of hydrogen-bond acceptors (Lipinski definition) is 2. The van der Waals surface area contributed by atoms with Crippen molar-refractivity contribution in [3.63, 3.8) is 0 Å². The van der Waals surface area contributed by atoms with Gasteiger partial charge >= 0.3 is 0 Å². The molecule has 0 aliphatic carbocycles. The van der Waals surface area contributed by atoms with Crippen LogP contribution in [0.25, 0.3) is 0 Å². The molecule has 5 heteroatoms. The number of nitrogens with one attached hydrogen (secondary N) is 1. The maximum absolute atomic E-state index is 12.3. The number of halogens is 2. The standard InChI is InChI=1S/C15H14Cl2N2O/c1-8-4-3-5-10(14(8)17)15(20)19-13-7-11(16)12(18)6-9(13)2/h3-7H,18H2,1-2H3,(H,19,20). The quantitative estimate of drug-likeness (QED) is 0.806. The van der Waals surface area contributed by atoms with Crippen LogP contribution in [0, 0.1) is 13.8 Å². The molecule has 1 amide bonds. The van der Waals surface area contributed by atoms with Crippen molar-refractivity contribution in [3.8, 4) is 0 Å². The summed E-state index contributed by atoms with van der Waals surface area (Å²) in [4.78, 5) is 12.3. The average Bonchev–Trinajstić information content (AvgIpc) is 2.39. The van der Waals surface area contributed by atoms with E-state index in [4.69, 9.17) is 28.9 Å². The summed E-state index contributed by atoms with van der Waals surface area (Å²) in [7, 11) is 0. The minimum atomic E-state index is -0.275. The van der Waals surface area contributed by atoms with Gasteiger partial charge in [-0.2, -0.15) is 0 Å². The van der Waals surface area contributed by atoms with Gasteiger partial charge in [-0.15, -0.1) is 0 Å². The molecular formula is C15H14Cl2N2O. The first kappa shape index (κ1) is 14.7. The Kier molecular flexibility index (Phi) is 4.21. The lowest BCUT2D eigenvalue weighted by Gasteiger charge is -2.12. The summed E-state index contributed by atoms with van der Waals surface area (Å²) in [5.41, 5.74) is 8.93. The van der Waals surface area contributed by atoms with E-state index in [0.29, 0.717) is 27.0 Å². The van der Waals surface area contributed by atoms with E-state index in [9.17, 15) is 4.79 Å². The van der Waals surface area contributed by atoms with Gasteiger partial charge in [-0.05, 0) is 43.2 Å². The first-order chi connectivity index (χ1) is 9.40. The van der Waals surface area contributed by atoms with E-state index in [2.05, 4.69) is 5.32 Å². The predicted molar refractivity (Wildman–Crippen MR) is 84.7 cm³/mol. The number of aryl methyl sites for hydroxylation is 2. The van der Waals surface area contributed by atoms with Gasteiger partial charge in [-0.3, -0.25) is 4.79 Å². The molecule has 0 aromatic heterocycles. The monoisotopic (exact) mass is 308 g/mol. The highest BCUT2D eigenvalue weighted by molar-refractivity contribution is 6.35. The summed E-state index contributed by atoms with van der Waals surface area (Å²) in [5.74, 6) is -0.275. The maximum Gasteiger partial charge on any atom is 0.257 e. The number of carbonyl (C=O) groups is 1. The van der Waals surface area contributed by atoms with Crippen molar-refractivity contribution in [1.29, 1.82) is 0 Å². The molecule has 0 aliphatic heterocycles. The molecule has 2 aromatic rings. The molecule has 0 spiro atoms. The molecule has 2 aromatic carbocycles. The predicted octanol–water partition coefficient (Wildman–Crippen LogP) is 4.44. The number of rotatable bonds is 2. The number of amides is 1. The van der Waals surface area contributed by atoms with Crippen LogP contribution in [0.5, 0.6) is 0 Å². The Morgan fingerprint density at radius 3 is 2.55 bits per heavy atom. The zero-order valence-electron chi connectivity index (χ0n) is 11.1. The Bertz CT molecular complexity index is 684. The third-order valence-electron chi connectivity index (χ3n) is 3.03. The van der Waals surface area contributed by atoms with E-state index in [1.54, 1.807) is 24.3 Å². The Balaban J connectivity index is 2.33. The molecule has 2 rings (SSSR count). The van der Waals surface area contributed by atoms with Gasteiger partial charge in [0, 0.05) is 5.69 Å². The lowest BCUT2D eigenvalue weighted by molar-refractivity contribution is 0.102. The summed E-state index contributed by atoms with van der Waals surface area (Å²) in [6.07, 6.45) is 0. The lowest BCUT2D eigenvalue weighted by atomic mass is 10.1. The summed E-state index contributed by atoms with van der Waals surface area (Å²) in [5, 5.41) is 3.65. The van der Waals surface area contributed by atoms with Crippen molar-refractivity contribution in [2.45, 2.75) is 13.8 Å². The van der Waals surface area contributed by atoms with Crippen LogP contribution < -0.4 is 11.1 Å². The molecule has 104 valence electrons. The Morgan fingerprint density at radius 2 is 1.85 bits per heavy atom. The largest absolute Gasteiger partial charge is 0.398 e. The number of anilines is 2. The first-order valence-corrected chi connectivity index (χ1v) is 6.78. The fourth-order valence-corrected chi connectivity index (χ4v) is 2.23. The molecule has 0 heterocycles. The molecule has 3 N–H and O–H groups in total. The Morgan fingerprint density at radius 1 is 1.15 bits per heavy atom. The van der Waals surface area contributed by atoms with E-state index >= 15 is 0 Å². The van der Waals surface area contributed by atoms with Crippen LogP contribution in [0.15, 0.2) is 30.3 Å². The van der Waals surface area contributed by atoms with Crippen LogP contribution in [-0.2, 0) is 0 Å². The fourth-order valence-electron chi connectivity index (χ4n) is 1.85. The van der Waals surface area contributed by atoms with Crippen LogP contribution >= 0.6 is 23.2 Å². The molecule has 0 fully saturated rings. The molecule has 3 nitrogen and oxygen atoms in total. The van der Waals surface area contributed by atoms with Crippen molar-refractivity contribution in [3.05, 3.63) is 57.1 Å². The van der Waals surface area contributed by atoms with Crippen molar-refractivity contribution in [2.75, 3.05) is 11.1 Å². The van der Waals surface area contributed by atoms with Crippen LogP contribution in [0.4, 0.5) is 11.4 Å². The van der Waals surface area contributed by atoms with Gasteiger partial charge < -0.3 is 11.1 Å². The third kappa shape index (κ3) is 2.89. The molecular weight excluding hydrogens is 295 g/mol.